The van der Waals surface area contributed by atoms with Gasteiger partial charge in [0.1, 0.15) is 5.76 Å². The Morgan fingerprint density at radius 2 is 2.23 bits per heavy atom. The predicted octanol–water partition coefficient (Wildman–Crippen LogP) is 0.00864. The second-order valence-corrected chi connectivity index (χ2v) is 3.20. The second kappa shape index (κ2) is 3.97. The molecular formula is C6H10N2O4S. The lowest BCUT2D eigenvalue weighted by molar-refractivity contribution is 0.131. The topological polar surface area (TPSA) is 95.6 Å². The van der Waals surface area contributed by atoms with E-state index in [1.54, 1.807) is 13.8 Å². The van der Waals surface area contributed by atoms with Crippen molar-refractivity contribution in [2.45, 2.75) is 20.1 Å². The zero-order chi connectivity index (χ0) is 10.0. The van der Waals surface area contributed by atoms with Crippen LogP contribution in [0.15, 0.2) is 4.42 Å². The number of nitrogens with one attached hydrogen (secondary N) is 1. The van der Waals surface area contributed by atoms with E-state index in [1.807, 2.05) is 4.72 Å². The molecule has 6 nitrogen and oxygen atoms in total. The number of oxazole rings is 1. The van der Waals surface area contributed by atoms with Gasteiger partial charge in [-0.2, -0.15) is 4.72 Å². The van der Waals surface area contributed by atoms with Crippen molar-refractivity contribution in [3.05, 3.63) is 17.3 Å². The van der Waals surface area contributed by atoms with Crippen LogP contribution in [0.3, 0.4) is 0 Å². The minimum atomic E-state index is -2.29. The molecule has 1 aromatic heterocycles. The molecule has 0 saturated heterocycles. The van der Waals surface area contributed by atoms with Gasteiger partial charge in [-0.15, -0.1) is 0 Å². The van der Waals surface area contributed by atoms with Crippen LogP contribution in [0, 0.1) is 13.8 Å². The van der Waals surface area contributed by atoms with Crippen LogP contribution < -0.4 is 4.72 Å². The second-order valence-electron chi connectivity index (χ2n) is 2.46. The van der Waals surface area contributed by atoms with Crippen molar-refractivity contribution in [1.82, 2.24) is 9.71 Å². The quantitative estimate of drug-likeness (QED) is 0.478. The minimum Gasteiger partial charge on any atom is -0.442 e. The summed E-state index contributed by atoms with van der Waals surface area (Å²) < 4.78 is 25.6. The zero-order valence-electron chi connectivity index (χ0n) is 7.14. The molecule has 0 aromatic carbocycles. The van der Waals surface area contributed by atoms with Gasteiger partial charge in [0.25, 0.3) is 0 Å². The molecule has 0 aliphatic carbocycles. The summed E-state index contributed by atoms with van der Waals surface area (Å²) in [6.45, 7) is 3.40. The van der Waals surface area contributed by atoms with Crippen LogP contribution in [0.5, 0.6) is 0 Å². The number of hydrogen-bond acceptors (Lipinski definition) is 4. The highest BCUT2D eigenvalue weighted by molar-refractivity contribution is 7.77. The van der Waals surface area contributed by atoms with Crippen molar-refractivity contribution in [2.24, 2.45) is 0 Å². The standard InChI is InChI=1S/C6H10N2O4S/c1-3-4(2)12-6(7-3)5(9)8-13(10)11/h5,8-9H,1-2H3,(H,10,11). The molecule has 0 saturated carbocycles. The van der Waals surface area contributed by atoms with Gasteiger partial charge in [-0.3, -0.25) is 4.55 Å². The Labute approximate surface area is 77.4 Å². The molecule has 0 amide bonds. The first-order valence-corrected chi connectivity index (χ1v) is 4.60. The Balaban J connectivity index is 2.77. The Kier molecular flexibility index (Phi) is 3.15. The monoisotopic (exact) mass is 206 g/mol. The average molecular weight is 206 g/mol. The maximum atomic E-state index is 10.2. The van der Waals surface area contributed by atoms with E-state index in [2.05, 4.69) is 4.98 Å². The van der Waals surface area contributed by atoms with Crippen molar-refractivity contribution < 1.29 is 18.3 Å². The molecule has 7 heteroatoms. The molecule has 74 valence electrons. The van der Waals surface area contributed by atoms with Crippen LogP contribution in [-0.2, 0) is 11.3 Å². The summed E-state index contributed by atoms with van der Waals surface area (Å²) in [6, 6.07) is 0. The Hall–Kier alpha value is -0.760. The highest BCUT2D eigenvalue weighted by Gasteiger charge is 2.16. The van der Waals surface area contributed by atoms with E-state index < -0.39 is 17.5 Å². The molecule has 1 rings (SSSR count). The molecule has 2 unspecified atom stereocenters. The molecule has 0 bridgehead atoms. The van der Waals surface area contributed by atoms with Crippen molar-refractivity contribution >= 4 is 11.3 Å². The number of rotatable bonds is 3. The number of hydrogen-bond donors (Lipinski definition) is 3. The lowest BCUT2D eigenvalue weighted by Crippen LogP contribution is -2.22. The number of nitrogens with zero attached hydrogens (tertiary/aromatic N) is 1. The van der Waals surface area contributed by atoms with Crippen molar-refractivity contribution in [1.29, 1.82) is 0 Å². The maximum Gasteiger partial charge on any atom is 0.240 e. The lowest BCUT2D eigenvalue weighted by atomic mass is 10.4. The molecule has 0 radical (unpaired) electrons. The third-order valence-corrected chi connectivity index (χ3v) is 1.92. The molecule has 0 aliphatic rings. The zero-order valence-corrected chi connectivity index (χ0v) is 7.96. The molecule has 0 fully saturated rings. The normalized spacial score (nSPS) is 15.7. The van der Waals surface area contributed by atoms with Gasteiger partial charge in [-0.1, -0.05) is 0 Å². The number of aromatic nitrogens is 1. The molecule has 0 spiro atoms. The third kappa shape index (κ3) is 2.59. The van der Waals surface area contributed by atoms with Gasteiger partial charge < -0.3 is 9.52 Å². The van der Waals surface area contributed by atoms with Crippen LogP contribution in [0.4, 0.5) is 0 Å². The Morgan fingerprint density at radius 1 is 1.62 bits per heavy atom. The molecule has 1 aromatic rings. The molecule has 1 heterocycles. The van der Waals surface area contributed by atoms with Gasteiger partial charge in [0.15, 0.2) is 6.23 Å². The fraction of sp³-hybridized carbons (Fsp3) is 0.500. The predicted molar refractivity (Wildman–Crippen MR) is 44.8 cm³/mol. The highest BCUT2D eigenvalue weighted by atomic mass is 32.2. The summed E-state index contributed by atoms with van der Waals surface area (Å²) in [5.74, 6) is 0.553. The van der Waals surface area contributed by atoms with E-state index >= 15 is 0 Å². The minimum absolute atomic E-state index is 0.0163. The highest BCUT2D eigenvalue weighted by Crippen LogP contribution is 2.13. The van der Waals surface area contributed by atoms with E-state index in [9.17, 15) is 9.32 Å². The summed E-state index contributed by atoms with van der Waals surface area (Å²) in [5.41, 5.74) is 0.638. The van der Waals surface area contributed by atoms with Crippen LogP contribution >= 0.6 is 0 Å². The van der Waals surface area contributed by atoms with Crippen LogP contribution in [0.2, 0.25) is 0 Å². The largest absolute Gasteiger partial charge is 0.442 e. The smallest absolute Gasteiger partial charge is 0.240 e. The van der Waals surface area contributed by atoms with Gasteiger partial charge >= 0.3 is 0 Å². The fourth-order valence-corrected chi connectivity index (χ4v) is 1.05. The SMILES string of the molecule is Cc1nc(C(O)NS(=O)O)oc1C. The summed E-state index contributed by atoms with van der Waals surface area (Å²) in [7, 11) is 0. The lowest BCUT2D eigenvalue weighted by Gasteiger charge is -2.03. The first-order chi connectivity index (χ1) is 6.00. The molecule has 13 heavy (non-hydrogen) atoms. The number of aliphatic hydroxyl groups is 1. The molecule has 2 atom stereocenters. The van der Waals surface area contributed by atoms with Gasteiger partial charge in [0.05, 0.1) is 5.69 Å². The third-order valence-electron chi connectivity index (χ3n) is 1.49. The molecule has 0 aliphatic heterocycles. The summed E-state index contributed by atoms with van der Waals surface area (Å²) in [6.07, 6.45) is -1.36. The van der Waals surface area contributed by atoms with E-state index in [0.717, 1.165) is 0 Å². The maximum absolute atomic E-state index is 10.2. The van der Waals surface area contributed by atoms with Crippen molar-refractivity contribution in [3.8, 4) is 0 Å². The average Bonchev–Trinajstić information content (AvgIpc) is 2.31. The Morgan fingerprint density at radius 3 is 2.62 bits per heavy atom. The van der Waals surface area contributed by atoms with Crippen LogP contribution in [-0.4, -0.2) is 18.9 Å². The number of aryl methyl sites for hydroxylation is 2. The van der Waals surface area contributed by atoms with E-state index in [-0.39, 0.29) is 5.89 Å². The van der Waals surface area contributed by atoms with E-state index in [4.69, 9.17) is 8.97 Å². The van der Waals surface area contributed by atoms with Gasteiger partial charge in [-0.25, -0.2) is 9.19 Å². The van der Waals surface area contributed by atoms with Gasteiger partial charge in [0.2, 0.25) is 17.2 Å². The van der Waals surface area contributed by atoms with E-state index in [1.165, 1.54) is 0 Å². The van der Waals surface area contributed by atoms with E-state index in [0.29, 0.717) is 11.5 Å². The van der Waals surface area contributed by atoms with Crippen LogP contribution in [0.1, 0.15) is 23.6 Å². The fourth-order valence-electron chi connectivity index (χ4n) is 0.760. The molecular weight excluding hydrogens is 196 g/mol. The van der Waals surface area contributed by atoms with Gasteiger partial charge in [0, 0.05) is 0 Å². The summed E-state index contributed by atoms with van der Waals surface area (Å²) >= 11 is -2.29. The molecule has 3 N–H and O–H groups in total. The first-order valence-electron chi connectivity index (χ1n) is 3.49. The van der Waals surface area contributed by atoms with Crippen molar-refractivity contribution in [3.63, 3.8) is 0 Å². The number of aliphatic hydroxyl groups excluding tert-OH is 1. The van der Waals surface area contributed by atoms with Crippen LogP contribution in [0.25, 0.3) is 0 Å². The first kappa shape index (κ1) is 10.3. The van der Waals surface area contributed by atoms with Gasteiger partial charge in [-0.05, 0) is 13.8 Å². The van der Waals surface area contributed by atoms with Crippen molar-refractivity contribution in [2.75, 3.05) is 0 Å². The Bertz CT molecular complexity index is 305. The summed E-state index contributed by atoms with van der Waals surface area (Å²) in [5, 5.41) is 9.21. The summed E-state index contributed by atoms with van der Waals surface area (Å²) in [4.78, 5) is 3.84.